The summed E-state index contributed by atoms with van der Waals surface area (Å²) in [7, 11) is 1.46. The average molecular weight is 315 g/mol. The molecule has 0 bridgehead atoms. The highest BCUT2D eigenvalue weighted by molar-refractivity contribution is 6.37. The number of benzene rings is 1. The van der Waals surface area contributed by atoms with Gasteiger partial charge in [-0.15, -0.1) is 0 Å². The number of carbonyl (C=O) groups is 1. The Morgan fingerprint density at radius 1 is 1.22 bits per heavy atom. The largest absolute Gasteiger partial charge is 0.399 e. The fraction of sp³-hybridized carbons (Fsp3) is 0.250. The highest BCUT2D eigenvalue weighted by Crippen LogP contribution is 2.16. The first-order chi connectivity index (χ1) is 11.1. The molecule has 0 atom stereocenters. The van der Waals surface area contributed by atoms with E-state index in [-0.39, 0.29) is 12.4 Å². The predicted molar refractivity (Wildman–Crippen MR) is 84.2 cm³/mol. The number of aromatic nitrogens is 1. The van der Waals surface area contributed by atoms with Gasteiger partial charge in [0.15, 0.2) is 5.78 Å². The van der Waals surface area contributed by atoms with E-state index >= 15 is 0 Å². The molecule has 0 amide bonds. The van der Waals surface area contributed by atoms with Crippen LogP contribution in [0.5, 0.6) is 0 Å². The number of hydrogen-bond donors (Lipinski definition) is 0. The van der Waals surface area contributed by atoms with E-state index in [2.05, 4.69) is 15.5 Å². The summed E-state index contributed by atoms with van der Waals surface area (Å²) in [5.41, 5.74) is 2.98. The van der Waals surface area contributed by atoms with E-state index in [0.717, 1.165) is 11.1 Å². The number of rotatable bonds is 7. The smallest absolute Gasteiger partial charge is 0.177 e. The van der Waals surface area contributed by atoms with Gasteiger partial charge >= 0.3 is 0 Å². The van der Waals surface area contributed by atoms with Gasteiger partial charge in [0, 0.05) is 24.1 Å². The Hall–Kier alpha value is -2.96. The predicted octanol–water partition coefficient (Wildman–Crippen LogP) is 2.55. The summed E-state index contributed by atoms with van der Waals surface area (Å²) in [4.78, 5) is 21.3. The van der Waals surface area contributed by atoms with Gasteiger partial charge in [0.05, 0.1) is 0 Å². The van der Waals surface area contributed by atoms with Crippen molar-refractivity contribution in [3.63, 3.8) is 0 Å². The molecule has 0 saturated carbocycles. The first kappa shape index (κ1) is 16.4. The highest BCUT2D eigenvalue weighted by Gasteiger charge is 2.15. The lowest BCUT2D eigenvalue weighted by Gasteiger charge is -2.09. The van der Waals surface area contributed by atoms with E-state index in [1.165, 1.54) is 20.3 Å². The van der Waals surface area contributed by atoms with E-state index in [4.69, 9.17) is 14.2 Å². The molecular formula is C16H17N3O4. The lowest BCUT2D eigenvalue weighted by molar-refractivity contribution is -0.111. The molecule has 0 radical (unpaired) electrons. The van der Waals surface area contributed by atoms with Crippen LogP contribution in [0.2, 0.25) is 0 Å². The number of oxime groups is 2. The van der Waals surface area contributed by atoms with Crippen molar-refractivity contribution < 1.29 is 19.0 Å². The molecule has 0 aliphatic heterocycles. The normalized spacial score (nSPS) is 12.1. The number of ketones is 1. The van der Waals surface area contributed by atoms with Crippen LogP contribution in [-0.2, 0) is 21.1 Å². The van der Waals surface area contributed by atoms with E-state index < -0.39 is 0 Å². The number of nitrogens with zero attached hydrogens (tertiary/aromatic N) is 3. The van der Waals surface area contributed by atoms with Gasteiger partial charge in [0.25, 0.3) is 0 Å². The van der Waals surface area contributed by atoms with Gasteiger partial charge in [-0.05, 0) is 6.92 Å². The third kappa shape index (κ3) is 4.26. The Labute approximate surface area is 133 Å². The van der Waals surface area contributed by atoms with Gasteiger partial charge in [-0.25, -0.2) is 0 Å². The second-order valence-electron chi connectivity index (χ2n) is 4.67. The summed E-state index contributed by atoms with van der Waals surface area (Å²) in [5, 5.41) is 11.7. The number of hydrogen-bond acceptors (Lipinski definition) is 7. The van der Waals surface area contributed by atoms with Crippen LogP contribution in [0.15, 0.2) is 51.4 Å². The molecule has 0 saturated heterocycles. The molecule has 23 heavy (non-hydrogen) atoms. The van der Waals surface area contributed by atoms with Gasteiger partial charge < -0.3 is 14.2 Å². The molecule has 0 aliphatic carbocycles. The second-order valence-corrected chi connectivity index (χ2v) is 4.67. The van der Waals surface area contributed by atoms with Crippen molar-refractivity contribution in [3.05, 3.63) is 53.4 Å². The molecule has 2 rings (SSSR count). The fourth-order valence-electron chi connectivity index (χ4n) is 1.80. The maximum atomic E-state index is 11.1. The number of carbonyl (C=O) groups excluding carboxylic acids is 1. The standard InChI is InChI=1S/C16H17N3O4/c1-11(12(2)20)17-23-10-13-6-4-5-7-14(13)16(19-21-3)15-8-9-22-18-15/h4-9H,10H2,1-3H3/b17-11+,19-16+. The van der Waals surface area contributed by atoms with Gasteiger partial charge in [-0.3, -0.25) is 4.79 Å². The quantitative estimate of drug-likeness (QED) is 0.579. The minimum Gasteiger partial charge on any atom is -0.399 e. The maximum absolute atomic E-state index is 11.1. The van der Waals surface area contributed by atoms with Gasteiger partial charge in [0.1, 0.15) is 37.1 Å². The fourth-order valence-corrected chi connectivity index (χ4v) is 1.80. The van der Waals surface area contributed by atoms with Gasteiger partial charge in [0.2, 0.25) is 0 Å². The number of Topliss-reactive ketones (excluding diaryl/α,β-unsaturated/α-hetero) is 1. The van der Waals surface area contributed by atoms with Crippen molar-refractivity contribution in [1.82, 2.24) is 5.16 Å². The van der Waals surface area contributed by atoms with Gasteiger partial charge in [-0.2, -0.15) is 0 Å². The van der Waals surface area contributed by atoms with Crippen LogP contribution < -0.4 is 0 Å². The first-order valence-electron chi connectivity index (χ1n) is 6.91. The zero-order valence-corrected chi connectivity index (χ0v) is 13.1. The van der Waals surface area contributed by atoms with Crippen molar-refractivity contribution in [2.24, 2.45) is 10.3 Å². The molecule has 0 aliphatic rings. The summed E-state index contributed by atoms with van der Waals surface area (Å²) < 4.78 is 4.87. The van der Waals surface area contributed by atoms with Crippen LogP contribution in [0, 0.1) is 0 Å². The van der Waals surface area contributed by atoms with Crippen molar-refractivity contribution in [1.29, 1.82) is 0 Å². The van der Waals surface area contributed by atoms with Crippen molar-refractivity contribution in [2.45, 2.75) is 20.5 Å². The van der Waals surface area contributed by atoms with Crippen molar-refractivity contribution in [3.8, 4) is 0 Å². The SMILES string of the molecule is CO/N=C(/c1ccon1)c1ccccc1CO/N=C(\C)C(C)=O. The van der Waals surface area contributed by atoms with Crippen LogP contribution in [0.25, 0.3) is 0 Å². The molecule has 0 fully saturated rings. The Morgan fingerprint density at radius 2 is 2.00 bits per heavy atom. The molecule has 0 spiro atoms. The molecule has 7 heteroatoms. The molecular weight excluding hydrogens is 298 g/mol. The minimum atomic E-state index is -0.137. The van der Waals surface area contributed by atoms with E-state index in [0.29, 0.717) is 17.1 Å². The van der Waals surface area contributed by atoms with E-state index in [1.807, 2.05) is 24.3 Å². The minimum absolute atomic E-state index is 0.137. The Bertz CT molecular complexity index is 721. The Balaban J connectivity index is 2.28. The van der Waals surface area contributed by atoms with Crippen LogP contribution in [0.3, 0.4) is 0 Å². The molecule has 7 nitrogen and oxygen atoms in total. The lowest BCUT2D eigenvalue weighted by atomic mass is 10.0. The van der Waals surface area contributed by atoms with Crippen molar-refractivity contribution >= 4 is 17.2 Å². The molecule has 0 N–H and O–H groups in total. The first-order valence-corrected chi connectivity index (χ1v) is 6.91. The average Bonchev–Trinajstić information content (AvgIpc) is 3.07. The van der Waals surface area contributed by atoms with Crippen molar-refractivity contribution in [2.75, 3.05) is 7.11 Å². The van der Waals surface area contributed by atoms with Gasteiger partial charge in [-0.1, -0.05) is 39.7 Å². The highest BCUT2D eigenvalue weighted by atomic mass is 16.6. The molecule has 0 unspecified atom stereocenters. The Morgan fingerprint density at radius 3 is 2.65 bits per heavy atom. The summed E-state index contributed by atoms with van der Waals surface area (Å²) in [6, 6.07) is 9.17. The third-order valence-electron chi connectivity index (χ3n) is 3.07. The third-order valence-corrected chi connectivity index (χ3v) is 3.07. The van der Waals surface area contributed by atoms with Crippen LogP contribution in [0.1, 0.15) is 30.7 Å². The monoisotopic (exact) mass is 315 g/mol. The molecule has 2 aromatic rings. The maximum Gasteiger partial charge on any atom is 0.177 e. The zero-order valence-electron chi connectivity index (χ0n) is 13.1. The molecule has 1 heterocycles. The summed E-state index contributed by atoms with van der Waals surface area (Å²) in [5.74, 6) is -0.137. The van der Waals surface area contributed by atoms with E-state index in [9.17, 15) is 4.79 Å². The Kier molecular flexibility index (Phi) is 5.62. The summed E-state index contributed by atoms with van der Waals surface area (Å²) in [6.07, 6.45) is 1.46. The van der Waals surface area contributed by atoms with Crippen LogP contribution in [0.4, 0.5) is 0 Å². The van der Waals surface area contributed by atoms with Crippen LogP contribution >= 0.6 is 0 Å². The summed E-state index contributed by atoms with van der Waals surface area (Å²) in [6.45, 7) is 3.22. The molecule has 1 aromatic heterocycles. The summed E-state index contributed by atoms with van der Waals surface area (Å²) >= 11 is 0. The molecule has 1 aromatic carbocycles. The van der Waals surface area contributed by atoms with Crippen LogP contribution in [-0.4, -0.2) is 29.5 Å². The second kappa shape index (κ2) is 7.88. The lowest BCUT2D eigenvalue weighted by Crippen LogP contribution is -2.09. The molecule has 120 valence electrons. The van der Waals surface area contributed by atoms with E-state index in [1.54, 1.807) is 13.0 Å². The topological polar surface area (TPSA) is 86.3 Å². The zero-order chi connectivity index (χ0) is 16.7.